The van der Waals surface area contributed by atoms with Gasteiger partial charge in [-0.15, -0.1) is 0 Å². The molecule has 18 aromatic rings. The quantitative estimate of drug-likeness (QED) is 0.0494. The van der Waals surface area contributed by atoms with Gasteiger partial charge < -0.3 is 31.9 Å². The number of aromatic nitrogens is 6. The van der Waals surface area contributed by atoms with E-state index in [1.54, 1.807) is 37.2 Å². The zero-order chi connectivity index (χ0) is 80.9. The van der Waals surface area contributed by atoms with E-state index in [9.17, 15) is 24.0 Å². The monoisotopic (exact) mass is 1560 g/mol. The van der Waals surface area contributed by atoms with Crippen LogP contribution in [0.3, 0.4) is 0 Å². The van der Waals surface area contributed by atoms with Gasteiger partial charge in [-0.1, -0.05) is 261 Å². The van der Waals surface area contributed by atoms with Crippen molar-refractivity contribution in [3.8, 4) is 44.9 Å². The molecule has 2 saturated carbocycles. The lowest BCUT2D eigenvalue weighted by atomic mass is 9.74. The van der Waals surface area contributed by atoms with Crippen LogP contribution in [0, 0.1) is 35.5 Å². The van der Waals surface area contributed by atoms with Crippen molar-refractivity contribution in [3.05, 3.63) is 316 Å². The Balaban J connectivity index is 0.539. The molecule has 0 saturated heterocycles. The van der Waals surface area contributed by atoms with Crippen molar-refractivity contribution in [2.45, 2.75) is 38.5 Å². The number of carbonyl (C=O) groups is 6. The third kappa shape index (κ3) is 14.3. The van der Waals surface area contributed by atoms with E-state index in [0.717, 1.165) is 137 Å². The first-order chi connectivity index (χ1) is 58.9. The zero-order valence-electron chi connectivity index (χ0n) is 64.9. The van der Waals surface area contributed by atoms with Gasteiger partial charge in [-0.3, -0.25) is 58.7 Å². The first-order valence-corrected chi connectivity index (χ1v) is 40.5. The molecular weight excluding hydrogens is 1490 g/mol. The molecule has 6 heterocycles. The molecule has 2 aliphatic rings. The molecule has 580 valence electrons. The van der Waals surface area contributed by atoms with Gasteiger partial charge in [0.05, 0.1) is 105 Å². The fourth-order valence-corrected chi connectivity index (χ4v) is 18.1. The summed E-state index contributed by atoms with van der Waals surface area (Å²) in [5.74, 6) is -6.25. The second kappa shape index (κ2) is 31.4. The topological polar surface area (TPSA) is 252 Å². The minimum absolute atomic E-state index is 0.181. The normalized spacial score (nSPS) is 16.7. The molecule has 18 nitrogen and oxygen atoms in total. The van der Waals surface area contributed by atoms with E-state index in [0.29, 0.717) is 39.8 Å². The number of benzene rings is 12. The largest absolute Gasteiger partial charge is 0.324 e. The fraction of sp³-hybridized carbons (Fsp3) is 0.118. The molecule has 120 heavy (non-hydrogen) atoms. The van der Waals surface area contributed by atoms with Gasteiger partial charge in [0.1, 0.15) is 0 Å². The first kappa shape index (κ1) is 73.6. The molecule has 6 amide bonds. The highest BCUT2D eigenvalue weighted by Crippen LogP contribution is 2.44. The molecule has 0 radical (unpaired) electrons. The molecule has 0 bridgehead atoms. The van der Waals surface area contributed by atoms with Crippen molar-refractivity contribution in [1.29, 1.82) is 0 Å². The smallest absolute Gasteiger partial charge is 0.227 e. The van der Waals surface area contributed by atoms with Crippen LogP contribution in [0.4, 0.5) is 34.1 Å². The van der Waals surface area contributed by atoms with Gasteiger partial charge in [0.2, 0.25) is 35.4 Å². The van der Waals surface area contributed by atoms with Gasteiger partial charge in [-0.2, -0.15) is 0 Å². The summed E-state index contributed by atoms with van der Waals surface area (Å²) < 4.78 is 0. The average molecular weight is 1570 g/mol. The van der Waals surface area contributed by atoms with Crippen LogP contribution in [0.1, 0.15) is 38.5 Å². The second-order valence-corrected chi connectivity index (χ2v) is 31.5. The van der Waals surface area contributed by atoms with Gasteiger partial charge in [-0.25, -0.2) is 0 Å². The Morgan fingerprint density at radius 3 is 0.875 bits per heavy atom. The van der Waals surface area contributed by atoms with Crippen molar-refractivity contribution in [2.24, 2.45) is 35.5 Å². The number of nitrogens with zero attached hydrogens (tertiary/aromatic N) is 6. The van der Waals surface area contributed by atoms with E-state index in [4.69, 9.17) is 29.9 Å². The minimum atomic E-state index is -0.759. The molecule has 20 rings (SSSR count). The molecule has 4 atom stereocenters. The standard InChI is InChI=1S/C102H76N12O6/c115-97(109-74-50-65-40-36-59-18-7-9-24-78(59)94(65)103-53-74)68-44-69(98(116)110-75-51-66-41-37-60-19-8-10-25-79(60)95(66)104-54-75)46-70(45-68)99(117)111-76-52-67-42-43-80-77(32-17-33-84(80)96(67)105-55-76)61-34-38-64(39-35-61)93-87-31-16-13-28-83(87)90(58-108-93)114-102(120)73-48-71(100(118)112-88-56-106-91(62-20-3-1-4-21-62)85-29-14-11-26-81(85)88)47-72(49-73)101(119)113-89-57-107-92(63-22-5-2-6-23-63)86-30-15-12-27-82(86)89/h1-43,50-58,68-73H,44-49H2,(H,109,115)(H,110,116)(H,111,117)(H,112,118)(H,113,119)(H,114,120). The predicted octanol–water partition coefficient (Wildman–Crippen LogP) is 21.6. The lowest BCUT2D eigenvalue weighted by Gasteiger charge is -2.33. The number of anilines is 6. The van der Waals surface area contributed by atoms with E-state index in [1.165, 1.54) is 0 Å². The van der Waals surface area contributed by atoms with Crippen molar-refractivity contribution in [2.75, 3.05) is 31.9 Å². The van der Waals surface area contributed by atoms with E-state index in [2.05, 4.69) is 56.2 Å². The molecule has 0 aliphatic heterocycles. The zero-order valence-corrected chi connectivity index (χ0v) is 64.9. The Kier molecular flexibility index (Phi) is 19.2. The van der Waals surface area contributed by atoms with Crippen LogP contribution in [-0.4, -0.2) is 65.3 Å². The molecular formula is C102H76N12O6. The summed E-state index contributed by atoms with van der Waals surface area (Å²) in [4.78, 5) is 118. The van der Waals surface area contributed by atoms with Gasteiger partial charge >= 0.3 is 0 Å². The van der Waals surface area contributed by atoms with E-state index < -0.39 is 35.5 Å². The van der Waals surface area contributed by atoms with E-state index in [1.807, 2.05) is 255 Å². The number of hydrogen-bond donors (Lipinski definition) is 6. The number of nitrogens with one attached hydrogen (secondary N) is 6. The summed E-state index contributed by atoms with van der Waals surface area (Å²) in [6.45, 7) is 0. The van der Waals surface area contributed by atoms with Gasteiger partial charge in [0.15, 0.2) is 0 Å². The lowest BCUT2D eigenvalue weighted by molar-refractivity contribution is -0.131. The summed E-state index contributed by atoms with van der Waals surface area (Å²) in [5.41, 5.74) is 12.4. The maximum absolute atomic E-state index is 15.1. The molecule has 0 spiro atoms. The van der Waals surface area contributed by atoms with Crippen LogP contribution in [0.5, 0.6) is 0 Å². The van der Waals surface area contributed by atoms with Gasteiger partial charge in [-0.05, 0) is 84.0 Å². The highest BCUT2D eigenvalue weighted by atomic mass is 16.2. The minimum Gasteiger partial charge on any atom is -0.324 e. The van der Waals surface area contributed by atoms with Crippen molar-refractivity contribution >= 4 is 167 Å². The highest BCUT2D eigenvalue weighted by molar-refractivity contribution is 6.15. The number of carbonyl (C=O) groups excluding carboxylic acids is 6. The molecule has 18 heteroatoms. The Morgan fingerprint density at radius 2 is 0.500 bits per heavy atom. The first-order valence-electron chi connectivity index (χ1n) is 40.5. The third-order valence-electron chi connectivity index (χ3n) is 24.0. The van der Waals surface area contributed by atoms with E-state index in [-0.39, 0.29) is 74.0 Å². The Bertz CT molecular complexity index is 6930. The van der Waals surface area contributed by atoms with Gasteiger partial charge in [0, 0.05) is 117 Å². The number of pyridine rings is 6. The van der Waals surface area contributed by atoms with Crippen LogP contribution >= 0.6 is 0 Å². The molecule has 2 fully saturated rings. The number of rotatable bonds is 16. The Labute approximate surface area is 688 Å². The Hall–Kier alpha value is -15.3. The van der Waals surface area contributed by atoms with Crippen LogP contribution in [0.25, 0.3) is 142 Å². The Morgan fingerprint density at radius 1 is 0.217 bits per heavy atom. The number of fused-ring (bicyclic) bond motifs is 12. The SMILES string of the molecule is O=C(Nc1cnc2c(ccc3ccccc32)c1)C1CC(C(=O)Nc2cnc3c(ccc4ccccc43)c2)CC(C(=O)Nc2cnc3c(ccc4c(-c5ccc(-c6ncc(NC(=O)C7CC(C(=O)Nc8cnc(-c9ccccc9)c9ccccc89)CC(C(=O)Nc8cnc(-c9ccccc9)c9ccccc89)C7)c7ccccc67)cc5)cccc43)c2)C1. The average Bonchev–Trinajstić information content (AvgIpc) is 0.765. The lowest BCUT2D eigenvalue weighted by Crippen LogP contribution is -2.40. The molecule has 4 unspecified atom stereocenters. The van der Waals surface area contributed by atoms with Crippen LogP contribution in [0.2, 0.25) is 0 Å². The van der Waals surface area contributed by atoms with Crippen molar-refractivity contribution in [3.63, 3.8) is 0 Å². The van der Waals surface area contributed by atoms with Crippen molar-refractivity contribution in [1.82, 2.24) is 29.9 Å². The third-order valence-corrected chi connectivity index (χ3v) is 24.0. The highest BCUT2D eigenvalue weighted by Gasteiger charge is 2.42. The summed E-state index contributed by atoms with van der Waals surface area (Å²) >= 11 is 0. The van der Waals surface area contributed by atoms with Gasteiger partial charge in [0.25, 0.3) is 0 Å². The fourth-order valence-electron chi connectivity index (χ4n) is 18.1. The summed E-state index contributed by atoms with van der Waals surface area (Å²) in [6, 6.07) is 91.5. The second-order valence-electron chi connectivity index (χ2n) is 31.5. The molecule has 6 aromatic heterocycles. The predicted molar refractivity (Wildman–Crippen MR) is 479 cm³/mol. The van der Waals surface area contributed by atoms with Crippen LogP contribution < -0.4 is 31.9 Å². The maximum Gasteiger partial charge on any atom is 0.227 e. The van der Waals surface area contributed by atoms with Crippen LogP contribution in [0.15, 0.2) is 316 Å². The number of amides is 6. The van der Waals surface area contributed by atoms with Crippen molar-refractivity contribution < 1.29 is 28.8 Å². The maximum atomic E-state index is 15.1. The van der Waals surface area contributed by atoms with E-state index >= 15 is 4.79 Å². The molecule has 2 aliphatic carbocycles. The molecule has 6 N–H and O–H groups in total. The van der Waals surface area contributed by atoms with Crippen LogP contribution in [-0.2, 0) is 28.8 Å². The summed E-state index contributed by atoms with van der Waals surface area (Å²) in [7, 11) is 0. The summed E-state index contributed by atoms with van der Waals surface area (Å²) in [6.07, 6.45) is 11.2. The molecule has 12 aromatic carbocycles. The summed E-state index contributed by atoms with van der Waals surface area (Å²) in [5, 5.41) is 32.4. The number of hydrogen-bond acceptors (Lipinski definition) is 12.